The van der Waals surface area contributed by atoms with E-state index in [9.17, 15) is 13.6 Å². The van der Waals surface area contributed by atoms with Crippen molar-refractivity contribution in [1.82, 2.24) is 5.32 Å². The molecule has 0 radical (unpaired) electrons. The number of phenols is 1. The Kier molecular flexibility index (Phi) is 3.41. The lowest BCUT2D eigenvalue weighted by atomic mass is 9.99. The molecule has 4 nitrogen and oxygen atoms in total. The van der Waals surface area contributed by atoms with E-state index in [2.05, 4.69) is 5.32 Å². The van der Waals surface area contributed by atoms with Gasteiger partial charge in [0.05, 0.1) is 10.9 Å². The van der Waals surface area contributed by atoms with E-state index in [0.717, 1.165) is 6.07 Å². The van der Waals surface area contributed by atoms with E-state index in [4.69, 9.17) is 21.8 Å². The van der Waals surface area contributed by atoms with Gasteiger partial charge in [0.25, 0.3) is 0 Å². The Morgan fingerprint density at radius 1 is 1.44 bits per heavy atom. The Balaban J connectivity index is 2.33. The number of aliphatic carboxylic acids is 1. The molecule has 0 bridgehead atoms. The van der Waals surface area contributed by atoms with Crippen LogP contribution in [-0.2, 0) is 4.79 Å². The molecule has 3 N–H and O–H groups in total. The third kappa shape index (κ3) is 2.13. The average Bonchev–Trinajstić information content (AvgIpc) is 2.80. The fourth-order valence-electron chi connectivity index (χ4n) is 2.02. The number of nitrogens with one attached hydrogen (secondary N) is 1. The molecule has 18 heavy (non-hydrogen) atoms. The summed E-state index contributed by atoms with van der Waals surface area (Å²) in [7, 11) is 0. The summed E-state index contributed by atoms with van der Waals surface area (Å²) in [4.78, 5) is 10.8. The highest BCUT2D eigenvalue weighted by molar-refractivity contribution is 6.32. The summed E-state index contributed by atoms with van der Waals surface area (Å²) in [5, 5.41) is 20.4. The lowest BCUT2D eigenvalue weighted by Crippen LogP contribution is -2.18. The molecule has 1 saturated heterocycles. The topological polar surface area (TPSA) is 69.6 Å². The number of rotatable bonds is 2. The highest BCUT2D eigenvalue weighted by atomic mass is 35.5. The first-order chi connectivity index (χ1) is 8.41. The quantitative estimate of drug-likeness (QED) is 0.724. The van der Waals surface area contributed by atoms with Crippen LogP contribution in [0.3, 0.4) is 0 Å². The number of carbonyl (C=O) groups is 1. The minimum Gasteiger partial charge on any atom is -0.504 e. The van der Waals surface area contributed by atoms with Crippen LogP contribution in [-0.4, -0.2) is 22.7 Å². The summed E-state index contributed by atoms with van der Waals surface area (Å²) in [6, 6.07) is 0.482. The van der Waals surface area contributed by atoms with E-state index in [0.29, 0.717) is 0 Å². The van der Waals surface area contributed by atoms with Crippen LogP contribution >= 0.6 is 11.6 Å². The first-order valence-corrected chi connectivity index (χ1v) is 5.62. The zero-order valence-corrected chi connectivity index (χ0v) is 9.84. The summed E-state index contributed by atoms with van der Waals surface area (Å²) in [6.45, 7) is 0.180. The van der Waals surface area contributed by atoms with Crippen LogP contribution in [0.25, 0.3) is 0 Å². The predicted molar refractivity (Wildman–Crippen MR) is 59.5 cm³/mol. The van der Waals surface area contributed by atoms with Gasteiger partial charge in [0.15, 0.2) is 11.6 Å². The van der Waals surface area contributed by atoms with Crippen molar-refractivity contribution < 1.29 is 23.8 Å². The third-order valence-corrected chi connectivity index (χ3v) is 3.31. The predicted octanol–water partition coefficient (Wildman–Crippen LogP) is 2.06. The largest absolute Gasteiger partial charge is 0.504 e. The van der Waals surface area contributed by atoms with Crippen LogP contribution in [0.1, 0.15) is 18.0 Å². The van der Waals surface area contributed by atoms with Gasteiger partial charge in [0.2, 0.25) is 5.82 Å². The molecule has 2 atom stereocenters. The average molecular weight is 278 g/mol. The van der Waals surface area contributed by atoms with Crippen molar-refractivity contribution in [2.45, 2.75) is 12.5 Å². The smallest absolute Gasteiger partial charge is 0.307 e. The van der Waals surface area contributed by atoms with Gasteiger partial charge < -0.3 is 15.5 Å². The lowest BCUT2D eigenvalue weighted by Gasteiger charge is -2.13. The van der Waals surface area contributed by atoms with Crippen molar-refractivity contribution in [3.05, 3.63) is 28.3 Å². The van der Waals surface area contributed by atoms with Crippen molar-refractivity contribution in [3.63, 3.8) is 0 Å². The van der Waals surface area contributed by atoms with Crippen LogP contribution in [0.2, 0.25) is 5.02 Å². The van der Waals surface area contributed by atoms with Gasteiger partial charge in [-0.25, -0.2) is 4.39 Å². The van der Waals surface area contributed by atoms with Crippen LogP contribution < -0.4 is 5.32 Å². The highest BCUT2D eigenvalue weighted by Gasteiger charge is 2.33. The summed E-state index contributed by atoms with van der Waals surface area (Å²) >= 11 is 5.57. The molecule has 0 amide bonds. The number of aromatic hydroxyl groups is 1. The number of halogens is 3. The summed E-state index contributed by atoms with van der Waals surface area (Å²) in [6.07, 6.45) is 0.146. The maximum atomic E-state index is 13.6. The van der Waals surface area contributed by atoms with Crippen LogP contribution in [0.15, 0.2) is 6.07 Å². The number of benzene rings is 1. The zero-order valence-electron chi connectivity index (χ0n) is 9.08. The second kappa shape index (κ2) is 4.70. The van der Waals surface area contributed by atoms with Gasteiger partial charge in [-0.05, 0) is 12.5 Å². The third-order valence-electron chi connectivity index (χ3n) is 3.02. The van der Waals surface area contributed by atoms with Gasteiger partial charge in [-0.3, -0.25) is 4.79 Å². The number of carboxylic acid groups (broad SMARTS) is 1. The summed E-state index contributed by atoms with van der Waals surface area (Å²) in [5.74, 6) is -5.20. The molecular formula is C11H10ClF2NO3. The minimum absolute atomic E-state index is 0.0703. The number of carboxylic acids is 1. The molecule has 2 unspecified atom stereocenters. The molecule has 7 heteroatoms. The lowest BCUT2D eigenvalue weighted by molar-refractivity contribution is -0.141. The summed E-state index contributed by atoms with van der Waals surface area (Å²) in [5.41, 5.74) is -0.0703. The Labute approximate surface area is 106 Å². The maximum absolute atomic E-state index is 13.6. The number of hydrogen-bond acceptors (Lipinski definition) is 3. The van der Waals surface area contributed by atoms with Crippen molar-refractivity contribution in [2.24, 2.45) is 5.92 Å². The number of phenolic OH excluding ortho intramolecular Hbond substituents is 1. The van der Waals surface area contributed by atoms with E-state index in [1.165, 1.54) is 0 Å². The van der Waals surface area contributed by atoms with Crippen molar-refractivity contribution in [3.8, 4) is 5.75 Å². The molecular weight excluding hydrogens is 268 g/mol. The molecule has 0 aliphatic carbocycles. The fourth-order valence-corrected chi connectivity index (χ4v) is 2.22. The number of hydrogen-bond donors (Lipinski definition) is 3. The van der Waals surface area contributed by atoms with Crippen LogP contribution in [0, 0.1) is 17.6 Å². The van der Waals surface area contributed by atoms with Gasteiger partial charge in [0, 0.05) is 18.2 Å². The monoisotopic (exact) mass is 277 g/mol. The molecule has 1 aliphatic rings. The highest BCUT2D eigenvalue weighted by Crippen LogP contribution is 2.36. The molecule has 1 heterocycles. The van der Waals surface area contributed by atoms with E-state index in [1.807, 2.05) is 0 Å². The van der Waals surface area contributed by atoms with E-state index in [-0.39, 0.29) is 23.6 Å². The SMILES string of the molecule is O=C(O)C1CNC(c2cc(Cl)c(O)c(F)c2F)C1. The summed E-state index contributed by atoms with van der Waals surface area (Å²) < 4.78 is 26.9. The first-order valence-electron chi connectivity index (χ1n) is 5.24. The molecule has 2 rings (SSSR count). The minimum atomic E-state index is -1.42. The normalized spacial score (nSPS) is 23.3. The first kappa shape index (κ1) is 13.0. The molecule has 1 aliphatic heterocycles. The van der Waals surface area contributed by atoms with Gasteiger partial charge in [-0.2, -0.15) is 4.39 Å². The molecule has 1 fully saturated rings. The molecule has 98 valence electrons. The molecule has 0 spiro atoms. The molecule has 1 aromatic rings. The van der Waals surface area contributed by atoms with Gasteiger partial charge in [-0.15, -0.1) is 0 Å². The van der Waals surface area contributed by atoms with Crippen molar-refractivity contribution in [2.75, 3.05) is 6.54 Å². The van der Waals surface area contributed by atoms with Gasteiger partial charge in [-0.1, -0.05) is 11.6 Å². The zero-order chi connectivity index (χ0) is 13.4. The molecule has 0 aromatic heterocycles. The molecule has 1 aromatic carbocycles. The Morgan fingerprint density at radius 2 is 2.11 bits per heavy atom. The van der Waals surface area contributed by atoms with Crippen LogP contribution in [0.4, 0.5) is 8.78 Å². The standard InChI is InChI=1S/C11H10ClF2NO3/c12-6-2-5(8(13)9(14)10(6)16)7-1-4(3-15-7)11(17)18/h2,4,7,15-16H,1,3H2,(H,17,18). The maximum Gasteiger partial charge on any atom is 0.307 e. The molecule has 0 saturated carbocycles. The second-order valence-corrected chi connectivity index (χ2v) is 4.56. The Bertz CT molecular complexity index is 510. The Hall–Kier alpha value is -1.40. The van der Waals surface area contributed by atoms with E-state index >= 15 is 0 Å². The van der Waals surface area contributed by atoms with Crippen molar-refractivity contribution in [1.29, 1.82) is 0 Å². The van der Waals surface area contributed by atoms with Gasteiger partial charge in [0.1, 0.15) is 0 Å². The van der Waals surface area contributed by atoms with E-state index < -0.39 is 35.3 Å². The van der Waals surface area contributed by atoms with Crippen molar-refractivity contribution >= 4 is 17.6 Å². The van der Waals surface area contributed by atoms with E-state index in [1.54, 1.807) is 0 Å². The Morgan fingerprint density at radius 3 is 2.67 bits per heavy atom. The van der Waals surface area contributed by atoms with Crippen LogP contribution in [0.5, 0.6) is 5.75 Å². The fraction of sp³-hybridized carbons (Fsp3) is 0.364. The van der Waals surface area contributed by atoms with Gasteiger partial charge >= 0.3 is 5.97 Å². The second-order valence-electron chi connectivity index (χ2n) is 4.16.